The van der Waals surface area contributed by atoms with Crippen molar-refractivity contribution < 1.29 is 19.2 Å². The molecular weight excluding hydrogens is 348 g/mol. The standard InChI is InChI=1S/C12H9BrN2O6/c1-6-8(15(19)20)5-14(11(16)9(6)13)4-7-2-3-21-10(7)12(17)18/h2-3,5H,4H2,1H3,(H,17,18). The molecule has 0 aromatic carbocycles. The summed E-state index contributed by atoms with van der Waals surface area (Å²) in [6, 6.07) is 1.40. The summed E-state index contributed by atoms with van der Waals surface area (Å²) in [7, 11) is 0. The van der Waals surface area contributed by atoms with Crippen LogP contribution in [0.15, 0.2) is 32.2 Å². The summed E-state index contributed by atoms with van der Waals surface area (Å²) in [6.07, 6.45) is 2.27. The topological polar surface area (TPSA) is 116 Å². The number of nitrogens with zero attached hydrogens (tertiary/aromatic N) is 2. The average Bonchev–Trinajstić information content (AvgIpc) is 2.87. The second kappa shape index (κ2) is 5.52. The molecule has 0 spiro atoms. The molecule has 2 aromatic rings. The summed E-state index contributed by atoms with van der Waals surface area (Å²) in [6.45, 7) is 1.31. The number of hydrogen-bond donors (Lipinski definition) is 1. The minimum Gasteiger partial charge on any atom is -0.475 e. The second-order valence-electron chi connectivity index (χ2n) is 4.22. The van der Waals surface area contributed by atoms with E-state index in [1.807, 2.05) is 0 Å². The van der Waals surface area contributed by atoms with Gasteiger partial charge in [-0.1, -0.05) is 0 Å². The Hall–Kier alpha value is -2.42. The number of carboxylic acids is 1. The van der Waals surface area contributed by atoms with E-state index in [0.29, 0.717) is 0 Å². The largest absolute Gasteiger partial charge is 0.475 e. The van der Waals surface area contributed by atoms with Crippen molar-refractivity contribution in [2.24, 2.45) is 0 Å². The predicted octanol–water partition coefficient (Wildman–Crippen LogP) is 2.17. The van der Waals surface area contributed by atoms with Crippen LogP contribution in [-0.4, -0.2) is 20.6 Å². The SMILES string of the molecule is Cc1c([N+](=O)[O-])cn(Cc2ccoc2C(=O)O)c(=O)c1Br. The molecule has 0 radical (unpaired) electrons. The Morgan fingerprint density at radius 3 is 2.81 bits per heavy atom. The number of rotatable bonds is 4. The van der Waals surface area contributed by atoms with Crippen LogP contribution in [0.2, 0.25) is 0 Å². The van der Waals surface area contributed by atoms with Crippen molar-refractivity contribution >= 4 is 27.6 Å². The fourth-order valence-corrected chi connectivity index (χ4v) is 2.27. The van der Waals surface area contributed by atoms with Crippen molar-refractivity contribution in [3.63, 3.8) is 0 Å². The summed E-state index contributed by atoms with van der Waals surface area (Å²) in [5, 5.41) is 19.9. The third kappa shape index (κ3) is 2.72. The van der Waals surface area contributed by atoms with E-state index in [1.54, 1.807) is 0 Å². The number of aromatic carboxylic acids is 1. The van der Waals surface area contributed by atoms with Crippen molar-refractivity contribution in [2.75, 3.05) is 0 Å². The highest BCUT2D eigenvalue weighted by Gasteiger charge is 2.20. The molecule has 21 heavy (non-hydrogen) atoms. The molecule has 0 aliphatic carbocycles. The van der Waals surface area contributed by atoms with Gasteiger partial charge in [-0.2, -0.15) is 0 Å². The molecule has 0 saturated carbocycles. The van der Waals surface area contributed by atoms with Crippen LogP contribution in [-0.2, 0) is 6.54 Å². The molecule has 1 N–H and O–H groups in total. The Morgan fingerprint density at radius 1 is 1.57 bits per heavy atom. The zero-order valence-corrected chi connectivity index (χ0v) is 12.3. The minimum absolute atomic E-state index is 0.0667. The molecule has 2 aromatic heterocycles. The zero-order valence-electron chi connectivity index (χ0n) is 10.7. The number of furan rings is 1. The summed E-state index contributed by atoms with van der Waals surface area (Å²) in [4.78, 5) is 33.4. The summed E-state index contributed by atoms with van der Waals surface area (Å²) in [5.74, 6) is -1.58. The molecule has 0 bridgehead atoms. The van der Waals surface area contributed by atoms with Crippen molar-refractivity contribution in [3.8, 4) is 0 Å². The van der Waals surface area contributed by atoms with Gasteiger partial charge in [-0.15, -0.1) is 0 Å². The van der Waals surface area contributed by atoms with E-state index in [2.05, 4.69) is 15.9 Å². The van der Waals surface area contributed by atoms with Crippen LogP contribution in [0.5, 0.6) is 0 Å². The lowest BCUT2D eigenvalue weighted by molar-refractivity contribution is -0.386. The van der Waals surface area contributed by atoms with Gasteiger partial charge in [-0.05, 0) is 28.9 Å². The van der Waals surface area contributed by atoms with Crippen molar-refractivity contribution in [1.82, 2.24) is 4.57 Å². The Balaban J connectivity index is 2.55. The van der Waals surface area contributed by atoms with Gasteiger partial charge in [0.1, 0.15) is 0 Å². The van der Waals surface area contributed by atoms with E-state index >= 15 is 0 Å². The van der Waals surface area contributed by atoms with E-state index < -0.39 is 16.5 Å². The van der Waals surface area contributed by atoms with Gasteiger partial charge >= 0.3 is 5.97 Å². The Kier molecular flexibility index (Phi) is 3.94. The lowest BCUT2D eigenvalue weighted by Crippen LogP contribution is -2.23. The van der Waals surface area contributed by atoms with Gasteiger partial charge in [0.15, 0.2) is 0 Å². The van der Waals surface area contributed by atoms with Gasteiger partial charge in [0.25, 0.3) is 11.2 Å². The van der Waals surface area contributed by atoms with Crippen LogP contribution < -0.4 is 5.56 Å². The Morgan fingerprint density at radius 2 is 2.24 bits per heavy atom. The van der Waals surface area contributed by atoms with Gasteiger partial charge in [-0.3, -0.25) is 14.9 Å². The van der Waals surface area contributed by atoms with E-state index in [-0.39, 0.29) is 33.6 Å². The first-order chi connectivity index (χ1) is 9.82. The number of hydrogen-bond acceptors (Lipinski definition) is 5. The summed E-state index contributed by atoms with van der Waals surface area (Å²) >= 11 is 3.02. The average molecular weight is 357 g/mol. The van der Waals surface area contributed by atoms with Crippen molar-refractivity contribution in [2.45, 2.75) is 13.5 Å². The van der Waals surface area contributed by atoms with Crippen LogP contribution in [0, 0.1) is 17.0 Å². The highest BCUT2D eigenvalue weighted by molar-refractivity contribution is 9.10. The van der Waals surface area contributed by atoms with Gasteiger partial charge in [0, 0.05) is 11.1 Å². The molecule has 0 aliphatic heterocycles. The molecule has 0 aliphatic rings. The monoisotopic (exact) mass is 356 g/mol. The molecule has 9 heteroatoms. The Labute approximate surface area is 125 Å². The van der Waals surface area contributed by atoms with E-state index in [1.165, 1.54) is 19.3 Å². The molecule has 0 unspecified atom stereocenters. The summed E-state index contributed by atoms with van der Waals surface area (Å²) in [5.41, 5.74) is -0.265. The molecule has 0 atom stereocenters. The minimum atomic E-state index is -1.27. The molecule has 110 valence electrons. The van der Waals surface area contributed by atoms with Gasteiger partial charge < -0.3 is 14.1 Å². The fraction of sp³-hybridized carbons (Fsp3) is 0.167. The van der Waals surface area contributed by atoms with E-state index in [9.17, 15) is 19.7 Å². The second-order valence-corrected chi connectivity index (χ2v) is 5.02. The molecule has 0 fully saturated rings. The van der Waals surface area contributed by atoms with Crippen LogP contribution in [0.4, 0.5) is 5.69 Å². The number of carbonyl (C=O) groups is 1. The van der Waals surface area contributed by atoms with Crippen LogP contribution in [0.1, 0.15) is 21.7 Å². The highest BCUT2D eigenvalue weighted by Crippen LogP contribution is 2.23. The number of halogens is 1. The maximum absolute atomic E-state index is 12.1. The van der Waals surface area contributed by atoms with Crippen molar-refractivity contribution in [1.29, 1.82) is 0 Å². The maximum atomic E-state index is 12.1. The normalized spacial score (nSPS) is 10.6. The lowest BCUT2D eigenvalue weighted by Gasteiger charge is -2.08. The molecular formula is C12H9BrN2O6. The van der Waals surface area contributed by atoms with E-state index in [0.717, 1.165) is 10.8 Å². The molecule has 8 nitrogen and oxygen atoms in total. The first-order valence-electron chi connectivity index (χ1n) is 5.66. The third-order valence-corrected chi connectivity index (χ3v) is 3.85. The number of pyridine rings is 1. The number of carboxylic acid groups (broad SMARTS) is 1. The fourth-order valence-electron chi connectivity index (χ4n) is 1.83. The van der Waals surface area contributed by atoms with Gasteiger partial charge in [-0.25, -0.2) is 4.79 Å². The van der Waals surface area contributed by atoms with Gasteiger partial charge in [0.05, 0.1) is 28.4 Å². The lowest BCUT2D eigenvalue weighted by atomic mass is 10.2. The predicted molar refractivity (Wildman–Crippen MR) is 74.6 cm³/mol. The third-order valence-electron chi connectivity index (χ3n) is 2.92. The summed E-state index contributed by atoms with van der Waals surface area (Å²) < 4.78 is 5.94. The maximum Gasteiger partial charge on any atom is 0.372 e. The quantitative estimate of drug-likeness (QED) is 0.662. The molecule has 2 heterocycles. The Bertz CT molecular complexity index is 792. The highest BCUT2D eigenvalue weighted by atomic mass is 79.9. The number of nitro groups is 1. The van der Waals surface area contributed by atoms with Crippen LogP contribution in [0.3, 0.4) is 0 Å². The molecule has 0 amide bonds. The smallest absolute Gasteiger partial charge is 0.372 e. The molecule has 0 saturated heterocycles. The van der Waals surface area contributed by atoms with Crippen molar-refractivity contribution in [3.05, 3.63) is 60.4 Å². The zero-order chi connectivity index (χ0) is 15.7. The first kappa shape index (κ1) is 15.0. The van der Waals surface area contributed by atoms with Crippen LogP contribution >= 0.6 is 15.9 Å². The number of aromatic nitrogens is 1. The van der Waals surface area contributed by atoms with Crippen LogP contribution in [0.25, 0.3) is 0 Å². The van der Waals surface area contributed by atoms with E-state index in [4.69, 9.17) is 9.52 Å². The first-order valence-corrected chi connectivity index (χ1v) is 6.45. The van der Waals surface area contributed by atoms with Gasteiger partial charge in [0.2, 0.25) is 5.76 Å². The molecule has 2 rings (SSSR count).